The first-order valence-electron chi connectivity index (χ1n) is 7.30. The zero-order valence-corrected chi connectivity index (χ0v) is 12.4. The van der Waals surface area contributed by atoms with Gasteiger partial charge in [0, 0.05) is 26.2 Å². The van der Waals surface area contributed by atoms with Crippen molar-refractivity contribution in [2.75, 3.05) is 33.2 Å². The second-order valence-electron chi connectivity index (χ2n) is 6.74. The normalized spacial score (nSPS) is 24.5. The summed E-state index contributed by atoms with van der Waals surface area (Å²) < 4.78 is 0. The van der Waals surface area contributed by atoms with E-state index >= 15 is 0 Å². The molecule has 0 aromatic rings. The monoisotopic (exact) mass is 269 g/mol. The lowest BCUT2D eigenvalue weighted by atomic mass is 10.1. The SMILES string of the molecule is CN(CC(C)(C)O)C(=O)NCC1CCN(C2CC2)C1. The molecule has 1 saturated heterocycles. The van der Waals surface area contributed by atoms with E-state index in [4.69, 9.17) is 0 Å². The van der Waals surface area contributed by atoms with Crippen molar-refractivity contribution in [1.29, 1.82) is 0 Å². The summed E-state index contributed by atoms with van der Waals surface area (Å²) in [4.78, 5) is 16.0. The van der Waals surface area contributed by atoms with Gasteiger partial charge >= 0.3 is 6.03 Å². The molecule has 0 bridgehead atoms. The van der Waals surface area contributed by atoms with Crippen LogP contribution in [0, 0.1) is 5.92 Å². The van der Waals surface area contributed by atoms with E-state index < -0.39 is 5.60 Å². The molecule has 2 rings (SSSR count). The highest BCUT2D eigenvalue weighted by Gasteiger charge is 2.34. The highest BCUT2D eigenvalue weighted by Crippen LogP contribution is 2.31. The zero-order valence-electron chi connectivity index (χ0n) is 12.4. The average Bonchev–Trinajstić information content (AvgIpc) is 3.04. The van der Waals surface area contributed by atoms with Crippen LogP contribution >= 0.6 is 0 Å². The van der Waals surface area contributed by atoms with Crippen LogP contribution in [0.15, 0.2) is 0 Å². The van der Waals surface area contributed by atoms with E-state index in [1.165, 1.54) is 25.8 Å². The molecule has 5 nitrogen and oxygen atoms in total. The van der Waals surface area contributed by atoms with Gasteiger partial charge in [-0.1, -0.05) is 0 Å². The van der Waals surface area contributed by atoms with E-state index in [9.17, 15) is 9.90 Å². The summed E-state index contributed by atoms with van der Waals surface area (Å²) in [6, 6.07) is 0.741. The van der Waals surface area contributed by atoms with Crippen LogP contribution in [0.1, 0.15) is 33.1 Å². The van der Waals surface area contributed by atoms with Crippen LogP contribution in [-0.4, -0.2) is 65.8 Å². The Morgan fingerprint density at radius 1 is 1.42 bits per heavy atom. The van der Waals surface area contributed by atoms with E-state index in [2.05, 4.69) is 10.2 Å². The summed E-state index contributed by atoms with van der Waals surface area (Å²) in [7, 11) is 1.72. The lowest BCUT2D eigenvalue weighted by molar-refractivity contribution is 0.0531. The predicted octanol–water partition coefficient (Wildman–Crippen LogP) is 0.883. The minimum Gasteiger partial charge on any atom is -0.389 e. The Bertz CT molecular complexity index is 323. The number of hydrogen-bond acceptors (Lipinski definition) is 3. The maximum absolute atomic E-state index is 11.9. The third kappa shape index (κ3) is 4.66. The van der Waals surface area contributed by atoms with Crippen molar-refractivity contribution in [3.05, 3.63) is 0 Å². The molecule has 2 aliphatic rings. The van der Waals surface area contributed by atoms with E-state index in [0.717, 1.165) is 19.1 Å². The smallest absolute Gasteiger partial charge is 0.317 e. The van der Waals surface area contributed by atoms with Crippen molar-refractivity contribution in [3.8, 4) is 0 Å². The molecule has 1 aliphatic carbocycles. The largest absolute Gasteiger partial charge is 0.389 e. The Kier molecular flexibility index (Phi) is 4.36. The molecule has 1 unspecified atom stereocenters. The highest BCUT2D eigenvalue weighted by molar-refractivity contribution is 5.73. The van der Waals surface area contributed by atoms with Gasteiger partial charge in [-0.05, 0) is 45.6 Å². The molecule has 1 aliphatic heterocycles. The van der Waals surface area contributed by atoms with Crippen LogP contribution in [0.4, 0.5) is 4.79 Å². The first kappa shape index (κ1) is 14.6. The van der Waals surface area contributed by atoms with Gasteiger partial charge in [-0.2, -0.15) is 0 Å². The van der Waals surface area contributed by atoms with Gasteiger partial charge in [0.05, 0.1) is 12.1 Å². The maximum Gasteiger partial charge on any atom is 0.317 e. The molecule has 2 amide bonds. The molecule has 0 aromatic heterocycles. The van der Waals surface area contributed by atoms with Crippen LogP contribution in [0.3, 0.4) is 0 Å². The van der Waals surface area contributed by atoms with Gasteiger partial charge in [0.2, 0.25) is 0 Å². The Balaban J connectivity index is 1.66. The molecule has 0 spiro atoms. The number of amides is 2. The fraction of sp³-hybridized carbons (Fsp3) is 0.929. The van der Waals surface area contributed by atoms with Gasteiger partial charge < -0.3 is 20.2 Å². The second kappa shape index (κ2) is 5.67. The fourth-order valence-corrected chi connectivity index (χ4v) is 2.82. The maximum atomic E-state index is 11.9. The summed E-state index contributed by atoms with van der Waals surface area (Å²) in [5.74, 6) is 0.583. The van der Waals surface area contributed by atoms with Gasteiger partial charge in [0.15, 0.2) is 0 Å². The summed E-state index contributed by atoms with van der Waals surface area (Å²) in [6.07, 6.45) is 3.90. The van der Waals surface area contributed by atoms with Gasteiger partial charge in [0.1, 0.15) is 0 Å². The molecule has 2 fully saturated rings. The van der Waals surface area contributed by atoms with Gasteiger partial charge in [-0.25, -0.2) is 4.79 Å². The number of aliphatic hydroxyl groups is 1. The van der Waals surface area contributed by atoms with Crippen LogP contribution in [0.2, 0.25) is 0 Å². The lowest BCUT2D eigenvalue weighted by Crippen LogP contribution is -2.45. The second-order valence-corrected chi connectivity index (χ2v) is 6.74. The average molecular weight is 269 g/mol. The summed E-state index contributed by atoms with van der Waals surface area (Å²) in [5, 5.41) is 12.7. The summed E-state index contributed by atoms with van der Waals surface area (Å²) in [5.41, 5.74) is -0.845. The minimum absolute atomic E-state index is 0.0907. The molecule has 0 aromatic carbocycles. The van der Waals surface area contributed by atoms with Crippen LogP contribution < -0.4 is 5.32 Å². The number of likely N-dealkylation sites (tertiary alicyclic amines) is 1. The summed E-state index contributed by atoms with van der Waals surface area (Å²) >= 11 is 0. The molecule has 1 saturated carbocycles. The number of rotatable bonds is 5. The predicted molar refractivity (Wildman–Crippen MR) is 75.0 cm³/mol. The van der Waals surface area contributed by atoms with Crippen molar-refractivity contribution in [2.24, 2.45) is 5.92 Å². The van der Waals surface area contributed by atoms with Gasteiger partial charge in [-0.3, -0.25) is 0 Å². The number of carbonyl (C=O) groups excluding carboxylic acids is 1. The standard InChI is InChI=1S/C14H27N3O2/c1-14(2,19)10-16(3)13(18)15-8-11-6-7-17(9-11)12-4-5-12/h11-12,19H,4-10H2,1-3H3,(H,15,18). The molecule has 5 heteroatoms. The van der Waals surface area contributed by atoms with Crippen molar-refractivity contribution in [1.82, 2.24) is 15.1 Å². The first-order valence-corrected chi connectivity index (χ1v) is 7.30. The zero-order chi connectivity index (χ0) is 14.0. The number of nitrogens with zero attached hydrogens (tertiary/aromatic N) is 2. The third-order valence-electron chi connectivity index (χ3n) is 3.89. The van der Waals surface area contributed by atoms with E-state index in [1.54, 1.807) is 25.8 Å². The first-order chi connectivity index (χ1) is 8.85. The van der Waals surface area contributed by atoms with Crippen LogP contribution in [0.25, 0.3) is 0 Å². The van der Waals surface area contributed by atoms with Crippen LogP contribution in [-0.2, 0) is 0 Å². The van der Waals surface area contributed by atoms with E-state index in [0.29, 0.717) is 12.5 Å². The van der Waals surface area contributed by atoms with Gasteiger partial charge in [0.25, 0.3) is 0 Å². The number of nitrogens with one attached hydrogen (secondary N) is 1. The Labute approximate surface area is 115 Å². The number of likely N-dealkylation sites (N-methyl/N-ethyl adjacent to an activating group) is 1. The van der Waals surface area contributed by atoms with Crippen molar-refractivity contribution in [2.45, 2.75) is 44.8 Å². The topological polar surface area (TPSA) is 55.8 Å². The van der Waals surface area contributed by atoms with E-state index in [-0.39, 0.29) is 6.03 Å². The lowest BCUT2D eigenvalue weighted by Gasteiger charge is -2.26. The Morgan fingerprint density at radius 3 is 2.68 bits per heavy atom. The van der Waals surface area contributed by atoms with Crippen LogP contribution in [0.5, 0.6) is 0 Å². The third-order valence-corrected chi connectivity index (χ3v) is 3.89. The number of urea groups is 1. The summed E-state index contributed by atoms with van der Waals surface area (Å²) in [6.45, 7) is 6.82. The molecule has 19 heavy (non-hydrogen) atoms. The Hall–Kier alpha value is -0.810. The molecule has 1 atom stereocenters. The molecule has 0 radical (unpaired) electrons. The highest BCUT2D eigenvalue weighted by atomic mass is 16.3. The van der Waals surface area contributed by atoms with E-state index in [1.807, 2.05) is 0 Å². The minimum atomic E-state index is -0.845. The van der Waals surface area contributed by atoms with Crippen molar-refractivity contribution >= 4 is 6.03 Å². The molecular formula is C14H27N3O2. The quantitative estimate of drug-likeness (QED) is 0.779. The molecular weight excluding hydrogens is 242 g/mol. The molecule has 110 valence electrons. The molecule has 2 N–H and O–H groups in total. The van der Waals surface area contributed by atoms with Crippen molar-refractivity contribution < 1.29 is 9.90 Å². The van der Waals surface area contributed by atoms with Gasteiger partial charge in [-0.15, -0.1) is 0 Å². The van der Waals surface area contributed by atoms with Crippen molar-refractivity contribution in [3.63, 3.8) is 0 Å². The molecule has 1 heterocycles. The number of carbonyl (C=O) groups is 1. The Morgan fingerprint density at radius 2 is 2.11 bits per heavy atom. The fourth-order valence-electron chi connectivity index (χ4n) is 2.82. The number of hydrogen-bond donors (Lipinski definition) is 2.